The van der Waals surface area contributed by atoms with Crippen LogP contribution in [0.3, 0.4) is 0 Å². The molecule has 0 amide bonds. The first-order chi connectivity index (χ1) is 17.5. The number of hydrogen-bond acceptors (Lipinski definition) is 7. The quantitative estimate of drug-likeness (QED) is 0.502. The van der Waals surface area contributed by atoms with Gasteiger partial charge in [-0.05, 0) is 50.7 Å². The van der Waals surface area contributed by atoms with Crippen LogP contribution in [0.2, 0.25) is 0 Å². The Bertz CT molecular complexity index is 1450. The molecule has 10 radical (unpaired) electrons. The fourth-order valence-electron chi connectivity index (χ4n) is 4.96. The molecule has 0 atom stereocenters. The van der Waals surface area contributed by atoms with Gasteiger partial charge in [0.2, 0.25) is 0 Å². The van der Waals surface area contributed by atoms with E-state index < -0.39 is 16.3 Å². The molecule has 2 fully saturated rings. The summed E-state index contributed by atoms with van der Waals surface area (Å²) in [5, 5.41) is 0.896. The molecule has 1 aliphatic carbocycles. The summed E-state index contributed by atoms with van der Waals surface area (Å²) in [6.45, 7) is 3.22. The maximum absolute atomic E-state index is 12.5. The van der Waals surface area contributed by atoms with Crippen LogP contribution in [0.4, 0.5) is 5.82 Å². The number of piperidine rings is 1. The second-order valence-corrected chi connectivity index (χ2v) is 10.2. The minimum absolute atomic E-state index is 0.204. The summed E-state index contributed by atoms with van der Waals surface area (Å²) in [4.78, 5) is 19.1. The van der Waals surface area contributed by atoms with Crippen molar-refractivity contribution in [2.24, 2.45) is 0 Å². The Morgan fingerprint density at radius 3 is 2.35 bits per heavy atom. The molecule has 1 saturated carbocycles. The molecule has 8 nitrogen and oxygen atoms in total. The van der Waals surface area contributed by atoms with Gasteiger partial charge in [0.1, 0.15) is 45.0 Å². The van der Waals surface area contributed by atoms with Crippen molar-refractivity contribution < 1.29 is 14.2 Å². The van der Waals surface area contributed by atoms with Crippen molar-refractivity contribution in [1.82, 2.24) is 14.6 Å². The summed E-state index contributed by atoms with van der Waals surface area (Å²) in [5.41, 5.74) is 1.63. The molecular weight excluding hydrogens is 462 g/mol. The zero-order chi connectivity index (χ0) is 26.2. The van der Waals surface area contributed by atoms with Crippen LogP contribution in [-0.2, 0) is 0 Å². The van der Waals surface area contributed by atoms with E-state index in [0.29, 0.717) is 49.0 Å². The van der Waals surface area contributed by atoms with Crippen LogP contribution in [-0.4, -0.2) is 83.2 Å². The van der Waals surface area contributed by atoms with Crippen molar-refractivity contribution in [1.29, 1.82) is 0 Å². The second-order valence-electron chi connectivity index (χ2n) is 10.2. The van der Waals surface area contributed by atoms with E-state index in [-0.39, 0.29) is 11.3 Å². The van der Waals surface area contributed by atoms with Crippen LogP contribution in [0.15, 0.2) is 35.3 Å². The highest BCUT2D eigenvalue weighted by Gasteiger charge is 2.43. The molecule has 3 aliphatic rings. The van der Waals surface area contributed by atoms with Crippen molar-refractivity contribution in [3.63, 3.8) is 0 Å². The van der Waals surface area contributed by atoms with Crippen LogP contribution in [0.5, 0.6) is 17.2 Å². The van der Waals surface area contributed by atoms with E-state index in [1.165, 1.54) is 22.3 Å². The Hall–Kier alpha value is -2.97. The number of aromatic nitrogens is 3. The van der Waals surface area contributed by atoms with Gasteiger partial charge in [-0.3, -0.25) is 4.79 Å². The van der Waals surface area contributed by atoms with Gasteiger partial charge in [0.25, 0.3) is 5.56 Å². The molecule has 37 heavy (non-hydrogen) atoms. The fourth-order valence-corrected chi connectivity index (χ4v) is 4.96. The Kier molecular flexibility index (Phi) is 5.45. The first kappa shape index (κ1) is 24.4. The summed E-state index contributed by atoms with van der Waals surface area (Å²) in [6.07, 6.45) is 4.79. The zero-order valence-electron chi connectivity index (χ0n) is 20.5. The highest BCUT2D eigenvalue weighted by molar-refractivity contribution is 6.53. The smallest absolute Gasteiger partial charge is 0.274 e. The predicted octanol–water partition coefficient (Wildman–Crippen LogP) is 0.572. The van der Waals surface area contributed by atoms with Crippen molar-refractivity contribution >= 4 is 50.7 Å². The number of nitrogens with zero attached hydrogens (tertiary/aromatic N) is 4. The summed E-state index contributed by atoms with van der Waals surface area (Å²) in [5.74, 6) is 2.25. The standard InChI is InChI=1S/C24H21B5N4O4/c1-13-19(14-2-3-14)21(31-33-18(34)6-9-30-20(13)33)32-10-7-22(25,8-11-32)35-15-4-5-16-17(12-15)37-24(28,29)23(26,27)36-16/h4-6,9,12,14H,2-3,7-8,10-11H2,1H3. The van der Waals surface area contributed by atoms with Crippen LogP contribution in [0.1, 0.15) is 42.7 Å². The lowest BCUT2D eigenvalue weighted by atomic mass is 9.41. The van der Waals surface area contributed by atoms with E-state index in [4.69, 9.17) is 58.5 Å². The SMILES string of the molecule is [B]C1(Oc2ccc3c(c2)OC([B])([B])C([B])([B])O3)CCN(c2nn3c(=O)ccnc3c(C)c2C2CC2)CC1. The largest absolute Gasteiger partial charge is 0.501 e. The van der Waals surface area contributed by atoms with Gasteiger partial charge in [-0.1, -0.05) is 0 Å². The molecule has 176 valence electrons. The molecule has 6 rings (SSSR count). The highest BCUT2D eigenvalue weighted by atomic mass is 16.6. The van der Waals surface area contributed by atoms with Gasteiger partial charge < -0.3 is 19.1 Å². The first-order valence-electron chi connectivity index (χ1n) is 12.3. The molecular formula is C24H21B5N4O4. The lowest BCUT2D eigenvalue weighted by Crippen LogP contribution is -2.65. The molecule has 2 aromatic heterocycles. The van der Waals surface area contributed by atoms with Gasteiger partial charge in [0.15, 0.2) is 23.0 Å². The minimum Gasteiger partial charge on any atom is -0.501 e. The van der Waals surface area contributed by atoms with Crippen LogP contribution < -0.4 is 24.7 Å². The number of fused-ring (bicyclic) bond motifs is 2. The Morgan fingerprint density at radius 2 is 1.68 bits per heavy atom. The van der Waals surface area contributed by atoms with Crippen LogP contribution in [0, 0.1) is 6.92 Å². The van der Waals surface area contributed by atoms with Crippen molar-refractivity contribution in [3.05, 3.63) is 51.9 Å². The van der Waals surface area contributed by atoms with Gasteiger partial charge in [-0.2, -0.15) is 4.52 Å². The molecule has 0 bridgehead atoms. The minimum atomic E-state index is -1.94. The maximum atomic E-state index is 12.5. The maximum Gasteiger partial charge on any atom is 0.274 e. The summed E-state index contributed by atoms with van der Waals surface area (Å²) in [7, 11) is 30.0. The van der Waals surface area contributed by atoms with E-state index in [2.05, 4.69) is 9.88 Å². The third-order valence-electron chi connectivity index (χ3n) is 7.30. The van der Waals surface area contributed by atoms with Gasteiger partial charge in [-0.25, -0.2) is 4.98 Å². The zero-order valence-corrected chi connectivity index (χ0v) is 20.5. The van der Waals surface area contributed by atoms with Gasteiger partial charge in [-0.15, -0.1) is 5.10 Å². The molecule has 0 spiro atoms. The van der Waals surface area contributed by atoms with E-state index in [0.717, 1.165) is 24.2 Å². The molecule has 0 unspecified atom stereocenters. The predicted molar refractivity (Wildman–Crippen MR) is 143 cm³/mol. The van der Waals surface area contributed by atoms with Crippen molar-refractivity contribution in [2.45, 2.75) is 54.8 Å². The van der Waals surface area contributed by atoms with Gasteiger partial charge in [0, 0.05) is 53.3 Å². The Morgan fingerprint density at radius 1 is 1.00 bits per heavy atom. The molecule has 3 aromatic rings. The van der Waals surface area contributed by atoms with Crippen LogP contribution >= 0.6 is 0 Å². The molecule has 1 saturated heterocycles. The summed E-state index contributed by atoms with van der Waals surface area (Å²) < 4.78 is 18.7. The van der Waals surface area contributed by atoms with E-state index >= 15 is 0 Å². The third-order valence-corrected chi connectivity index (χ3v) is 7.30. The average molecular weight is 484 g/mol. The molecule has 2 aliphatic heterocycles. The third kappa shape index (κ3) is 4.20. The summed E-state index contributed by atoms with van der Waals surface area (Å²) in [6, 6.07) is 6.32. The number of anilines is 1. The fraction of sp³-hybridized carbons (Fsp3) is 0.458. The number of benzene rings is 1. The highest BCUT2D eigenvalue weighted by Crippen LogP contribution is 2.47. The lowest BCUT2D eigenvalue weighted by molar-refractivity contribution is 0.0603. The monoisotopic (exact) mass is 484 g/mol. The van der Waals surface area contributed by atoms with Gasteiger partial charge in [0.05, 0.1) is 5.50 Å². The lowest BCUT2D eigenvalue weighted by Gasteiger charge is -2.48. The Balaban J connectivity index is 1.23. The average Bonchev–Trinajstić information content (AvgIpc) is 3.66. The van der Waals surface area contributed by atoms with E-state index in [1.807, 2.05) is 6.92 Å². The molecule has 13 heteroatoms. The van der Waals surface area contributed by atoms with E-state index in [9.17, 15) is 4.79 Å². The molecule has 1 aromatic carbocycles. The number of ether oxygens (including phenoxy) is 3. The Labute approximate surface area is 221 Å². The van der Waals surface area contributed by atoms with Crippen LogP contribution in [0.25, 0.3) is 5.65 Å². The van der Waals surface area contributed by atoms with Gasteiger partial charge >= 0.3 is 0 Å². The van der Waals surface area contributed by atoms with E-state index in [1.54, 1.807) is 18.2 Å². The number of rotatable bonds is 4. The number of hydrogen-bond donors (Lipinski definition) is 0. The van der Waals surface area contributed by atoms with Crippen molar-refractivity contribution in [3.8, 4) is 17.2 Å². The molecule has 4 heterocycles. The number of aryl methyl sites for hydroxylation is 1. The normalized spacial score (nSPS) is 21.5. The topological polar surface area (TPSA) is 78.2 Å². The van der Waals surface area contributed by atoms with Crippen molar-refractivity contribution in [2.75, 3.05) is 18.0 Å². The molecule has 0 N–H and O–H groups in total. The first-order valence-corrected chi connectivity index (χ1v) is 12.3. The second kappa shape index (κ2) is 8.27. The summed E-state index contributed by atoms with van der Waals surface area (Å²) >= 11 is 0.